The lowest BCUT2D eigenvalue weighted by Crippen LogP contribution is -2.43. The third-order valence-corrected chi connectivity index (χ3v) is 4.63. The lowest BCUT2D eigenvalue weighted by atomic mass is 9.66. The van der Waals surface area contributed by atoms with Crippen LogP contribution in [0.1, 0.15) is 51.9 Å². The molecule has 0 aromatic heterocycles. The number of hydrogen-bond donors (Lipinski definition) is 1. The van der Waals surface area contributed by atoms with E-state index in [-0.39, 0.29) is 0 Å². The van der Waals surface area contributed by atoms with E-state index in [2.05, 4.69) is 12.2 Å². The van der Waals surface area contributed by atoms with Crippen LogP contribution in [0.4, 0.5) is 0 Å². The molecule has 0 heterocycles. The van der Waals surface area contributed by atoms with E-state index in [4.69, 9.17) is 4.74 Å². The molecule has 2 saturated carbocycles. The highest BCUT2D eigenvalue weighted by molar-refractivity contribution is 4.92. The van der Waals surface area contributed by atoms with Crippen molar-refractivity contribution in [3.8, 4) is 0 Å². The first-order valence-electron chi connectivity index (χ1n) is 6.99. The van der Waals surface area contributed by atoms with Crippen LogP contribution in [0.25, 0.3) is 0 Å². The van der Waals surface area contributed by atoms with E-state index < -0.39 is 0 Å². The molecule has 0 aliphatic heterocycles. The molecule has 94 valence electrons. The number of methoxy groups -OCH3 is 1. The molecule has 2 aliphatic rings. The Morgan fingerprint density at radius 1 is 1.25 bits per heavy atom. The fourth-order valence-electron chi connectivity index (χ4n) is 3.16. The van der Waals surface area contributed by atoms with Crippen LogP contribution >= 0.6 is 0 Å². The lowest BCUT2D eigenvalue weighted by molar-refractivity contribution is 0.0396. The van der Waals surface area contributed by atoms with Crippen molar-refractivity contribution >= 4 is 0 Å². The Kier molecular flexibility index (Phi) is 4.26. The minimum atomic E-state index is 0.525. The highest BCUT2D eigenvalue weighted by Gasteiger charge is 2.38. The molecule has 0 aromatic rings. The molecule has 0 aromatic carbocycles. The van der Waals surface area contributed by atoms with Crippen LogP contribution in [0.2, 0.25) is 0 Å². The van der Waals surface area contributed by atoms with Crippen LogP contribution in [0.3, 0.4) is 0 Å². The second kappa shape index (κ2) is 5.50. The Morgan fingerprint density at radius 3 is 2.50 bits per heavy atom. The SMILES string of the molecule is COCC(C)C1(CNC2CC2)CCCCC1. The van der Waals surface area contributed by atoms with Crippen LogP contribution in [0.15, 0.2) is 0 Å². The third-order valence-electron chi connectivity index (χ3n) is 4.63. The van der Waals surface area contributed by atoms with E-state index in [1.54, 1.807) is 0 Å². The van der Waals surface area contributed by atoms with E-state index in [0.717, 1.165) is 12.6 Å². The van der Waals surface area contributed by atoms with Crippen molar-refractivity contribution in [2.45, 2.75) is 57.9 Å². The zero-order valence-electron chi connectivity index (χ0n) is 10.9. The van der Waals surface area contributed by atoms with E-state index >= 15 is 0 Å². The van der Waals surface area contributed by atoms with Crippen LogP contribution in [-0.4, -0.2) is 26.3 Å². The summed E-state index contributed by atoms with van der Waals surface area (Å²) in [6.45, 7) is 4.53. The van der Waals surface area contributed by atoms with Crippen LogP contribution in [0.5, 0.6) is 0 Å². The van der Waals surface area contributed by atoms with Gasteiger partial charge in [0.2, 0.25) is 0 Å². The average Bonchev–Trinajstić information content (AvgIpc) is 3.12. The minimum Gasteiger partial charge on any atom is -0.384 e. The molecule has 0 radical (unpaired) electrons. The topological polar surface area (TPSA) is 21.3 Å². The summed E-state index contributed by atoms with van der Waals surface area (Å²) in [6.07, 6.45) is 9.86. The standard InChI is InChI=1S/C14H27NO/c1-12(10-16-2)14(8-4-3-5-9-14)11-15-13-6-7-13/h12-13,15H,3-11H2,1-2H3. The molecule has 1 atom stereocenters. The molecular formula is C14H27NO. The normalized spacial score (nSPS) is 26.6. The first-order valence-corrected chi connectivity index (χ1v) is 6.99. The molecule has 2 rings (SSSR count). The predicted molar refractivity (Wildman–Crippen MR) is 67.6 cm³/mol. The maximum absolute atomic E-state index is 5.38. The molecule has 1 N–H and O–H groups in total. The fraction of sp³-hybridized carbons (Fsp3) is 1.00. The smallest absolute Gasteiger partial charge is 0.0493 e. The Morgan fingerprint density at radius 2 is 1.94 bits per heavy atom. The summed E-state index contributed by atoms with van der Waals surface area (Å²) in [6, 6.07) is 0.841. The maximum atomic E-state index is 5.38. The zero-order valence-corrected chi connectivity index (χ0v) is 10.9. The highest BCUT2D eigenvalue weighted by Crippen LogP contribution is 2.42. The van der Waals surface area contributed by atoms with Gasteiger partial charge in [-0.25, -0.2) is 0 Å². The Bertz CT molecular complexity index is 207. The molecule has 2 fully saturated rings. The summed E-state index contributed by atoms with van der Waals surface area (Å²) in [4.78, 5) is 0. The van der Waals surface area contributed by atoms with E-state index in [0.29, 0.717) is 11.3 Å². The lowest BCUT2D eigenvalue weighted by Gasteiger charge is -2.42. The fourth-order valence-corrected chi connectivity index (χ4v) is 3.16. The van der Waals surface area contributed by atoms with Crippen molar-refractivity contribution in [3.05, 3.63) is 0 Å². The van der Waals surface area contributed by atoms with Crippen LogP contribution in [-0.2, 0) is 4.74 Å². The van der Waals surface area contributed by atoms with Crippen LogP contribution < -0.4 is 5.32 Å². The molecule has 2 aliphatic carbocycles. The molecular weight excluding hydrogens is 198 g/mol. The van der Waals surface area contributed by atoms with Crippen molar-refractivity contribution in [2.75, 3.05) is 20.3 Å². The first-order chi connectivity index (χ1) is 7.77. The van der Waals surface area contributed by atoms with Crippen LogP contribution in [0, 0.1) is 11.3 Å². The summed E-state index contributed by atoms with van der Waals surface area (Å²) in [5.74, 6) is 0.698. The average molecular weight is 225 g/mol. The maximum Gasteiger partial charge on any atom is 0.0493 e. The van der Waals surface area contributed by atoms with Crippen molar-refractivity contribution in [1.29, 1.82) is 0 Å². The largest absolute Gasteiger partial charge is 0.384 e. The minimum absolute atomic E-state index is 0.525. The summed E-state index contributed by atoms with van der Waals surface area (Å²) in [7, 11) is 1.83. The molecule has 2 heteroatoms. The number of rotatable bonds is 6. The van der Waals surface area contributed by atoms with Gasteiger partial charge in [-0.3, -0.25) is 0 Å². The predicted octanol–water partition coefficient (Wildman–Crippen LogP) is 2.97. The van der Waals surface area contributed by atoms with E-state index in [9.17, 15) is 0 Å². The van der Waals surface area contributed by atoms with E-state index in [1.807, 2.05) is 7.11 Å². The van der Waals surface area contributed by atoms with Gasteiger partial charge in [0, 0.05) is 26.3 Å². The second-order valence-corrected chi connectivity index (χ2v) is 5.93. The van der Waals surface area contributed by atoms with Gasteiger partial charge in [0.1, 0.15) is 0 Å². The molecule has 16 heavy (non-hydrogen) atoms. The van der Waals surface area contributed by atoms with Gasteiger partial charge in [0.05, 0.1) is 0 Å². The summed E-state index contributed by atoms with van der Waals surface area (Å²) >= 11 is 0. The van der Waals surface area contributed by atoms with Gasteiger partial charge < -0.3 is 10.1 Å². The molecule has 0 spiro atoms. The van der Waals surface area contributed by atoms with Gasteiger partial charge in [0.15, 0.2) is 0 Å². The van der Waals surface area contributed by atoms with Gasteiger partial charge in [-0.2, -0.15) is 0 Å². The summed E-state index contributed by atoms with van der Waals surface area (Å²) in [5.41, 5.74) is 0.525. The van der Waals surface area contributed by atoms with Gasteiger partial charge in [-0.15, -0.1) is 0 Å². The number of ether oxygens (including phenoxy) is 1. The molecule has 2 nitrogen and oxygen atoms in total. The number of hydrogen-bond acceptors (Lipinski definition) is 2. The summed E-state index contributed by atoms with van der Waals surface area (Å²) in [5, 5.41) is 3.75. The monoisotopic (exact) mass is 225 g/mol. The van der Waals surface area contributed by atoms with Gasteiger partial charge in [-0.1, -0.05) is 26.2 Å². The molecule has 0 saturated heterocycles. The molecule has 0 amide bonds. The summed E-state index contributed by atoms with van der Waals surface area (Å²) < 4.78 is 5.38. The third kappa shape index (κ3) is 2.98. The molecule has 1 unspecified atom stereocenters. The zero-order chi connectivity index (χ0) is 11.4. The van der Waals surface area contributed by atoms with E-state index in [1.165, 1.54) is 51.5 Å². The van der Waals surface area contributed by atoms with Gasteiger partial charge >= 0.3 is 0 Å². The Balaban J connectivity index is 1.91. The van der Waals surface area contributed by atoms with Crippen molar-refractivity contribution in [2.24, 2.45) is 11.3 Å². The molecule has 0 bridgehead atoms. The Hall–Kier alpha value is -0.0800. The van der Waals surface area contributed by atoms with Crippen molar-refractivity contribution < 1.29 is 4.74 Å². The van der Waals surface area contributed by atoms with Crippen molar-refractivity contribution in [3.63, 3.8) is 0 Å². The first kappa shape index (κ1) is 12.4. The second-order valence-electron chi connectivity index (χ2n) is 5.93. The quantitative estimate of drug-likeness (QED) is 0.750. The van der Waals surface area contributed by atoms with Gasteiger partial charge in [-0.05, 0) is 37.0 Å². The van der Waals surface area contributed by atoms with Gasteiger partial charge in [0.25, 0.3) is 0 Å². The van der Waals surface area contributed by atoms with Crippen molar-refractivity contribution in [1.82, 2.24) is 5.32 Å². The number of nitrogens with one attached hydrogen (secondary N) is 1. The Labute approximate surface area is 100 Å². The highest BCUT2D eigenvalue weighted by atomic mass is 16.5.